The summed E-state index contributed by atoms with van der Waals surface area (Å²) in [6, 6.07) is 8.30. The van der Waals surface area contributed by atoms with Crippen LogP contribution < -0.4 is 5.32 Å². The van der Waals surface area contributed by atoms with Crippen LogP contribution in [0.2, 0.25) is 0 Å². The van der Waals surface area contributed by atoms with E-state index in [9.17, 15) is 8.78 Å². The highest BCUT2D eigenvalue weighted by molar-refractivity contribution is 5.37. The molecule has 0 saturated heterocycles. The van der Waals surface area contributed by atoms with Crippen molar-refractivity contribution in [3.63, 3.8) is 0 Å². The molecule has 0 heterocycles. The summed E-state index contributed by atoms with van der Waals surface area (Å²) in [6.45, 7) is 7.50. The Kier molecular flexibility index (Phi) is 4.50. The van der Waals surface area contributed by atoms with Gasteiger partial charge in [0.05, 0.1) is 0 Å². The summed E-state index contributed by atoms with van der Waals surface area (Å²) in [6.07, 6.45) is 0. The Morgan fingerprint density at radius 2 is 1.50 bits per heavy atom. The smallest absolute Gasteiger partial charge is 0.159 e. The number of halogens is 2. The van der Waals surface area contributed by atoms with Gasteiger partial charge in [-0.25, -0.2) is 8.78 Å². The number of nitrogens with one attached hydrogen (secondary N) is 1. The van der Waals surface area contributed by atoms with Gasteiger partial charge in [-0.1, -0.05) is 23.8 Å². The van der Waals surface area contributed by atoms with Crippen molar-refractivity contribution in [2.45, 2.75) is 33.9 Å². The second kappa shape index (κ2) is 6.14. The lowest BCUT2D eigenvalue weighted by molar-refractivity contribution is 0.506. The molecule has 1 N–H and O–H groups in total. The molecule has 3 heteroatoms. The Hall–Kier alpha value is -1.74. The quantitative estimate of drug-likeness (QED) is 0.882. The Balaban J connectivity index is 2.01. The number of rotatable bonds is 4. The van der Waals surface area contributed by atoms with Crippen LogP contribution in [0.4, 0.5) is 8.78 Å². The van der Waals surface area contributed by atoms with E-state index in [1.807, 2.05) is 0 Å². The van der Waals surface area contributed by atoms with E-state index in [1.54, 1.807) is 6.07 Å². The van der Waals surface area contributed by atoms with E-state index < -0.39 is 11.6 Å². The highest BCUT2D eigenvalue weighted by Gasteiger charge is 2.05. The van der Waals surface area contributed by atoms with Crippen LogP contribution >= 0.6 is 0 Å². The largest absolute Gasteiger partial charge is 0.309 e. The van der Waals surface area contributed by atoms with Gasteiger partial charge >= 0.3 is 0 Å². The molecule has 0 spiro atoms. The van der Waals surface area contributed by atoms with Gasteiger partial charge in [0.25, 0.3) is 0 Å². The lowest BCUT2D eigenvalue weighted by Crippen LogP contribution is -2.15. The minimum Gasteiger partial charge on any atom is -0.309 e. The molecule has 0 radical (unpaired) electrons. The molecule has 0 unspecified atom stereocenters. The molecule has 20 heavy (non-hydrogen) atoms. The van der Waals surface area contributed by atoms with E-state index >= 15 is 0 Å². The van der Waals surface area contributed by atoms with Crippen LogP contribution in [-0.4, -0.2) is 0 Å². The molecule has 2 aromatic rings. The summed E-state index contributed by atoms with van der Waals surface area (Å²) < 4.78 is 25.9. The average molecular weight is 275 g/mol. The standard InChI is InChI=1S/C17H19F2N/c1-11-6-12(2)15(13(3)7-11)10-20-9-14-4-5-16(18)17(19)8-14/h4-8,20H,9-10H2,1-3H3. The summed E-state index contributed by atoms with van der Waals surface area (Å²) in [4.78, 5) is 0. The van der Waals surface area contributed by atoms with Crippen LogP contribution in [0.1, 0.15) is 27.8 Å². The molecule has 2 rings (SSSR count). The van der Waals surface area contributed by atoms with E-state index in [2.05, 4.69) is 38.2 Å². The molecular formula is C17H19F2N. The van der Waals surface area contributed by atoms with Gasteiger partial charge in [0, 0.05) is 13.1 Å². The molecule has 1 nitrogen and oxygen atoms in total. The molecule has 0 aliphatic rings. The first-order valence-electron chi connectivity index (χ1n) is 6.68. The third kappa shape index (κ3) is 3.42. The van der Waals surface area contributed by atoms with Gasteiger partial charge in [-0.2, -0.15) is 0 Å². The first-order chi connectivity index (χ1) is 9.47. The highest BCUT2D eigenvalue weighted by Crippen LogP contribution is 2.16. The number of hydrogen-bond donors (Lipinski definition) is 1. The third-order valence-corrected chi connectivity index (χ3v) is 3.46. The first-order valence-corrected chi connectivity index (χ1v) is 6.68. The molecular weight excluding hydrogens is 256 g/mol. The molecule has 0 aliphatic carbocycles. The van der Waals surface area contributed by atoms with E-state index in [0.29, 0.717) is 6.54 Å². The van der Waals surface area contributed by atoms with Crippen molar-refractivity contribution in [2.24, 2.45) is 0 Å². The van der Waals surface area contributed by atoms with Crippen LogP contribution in [0.15, 0.2) is 30.3 Å². The monoisotopic (exact) mass is 275 g/mol. The van der Waals surface area contributed by atoms with Crippen molar-refractivity contribution < 1.29 is 8.78 Å². The predicted molar refractivity (Wildman–Crippen MR) is 77.6 cm³/mol. The molecule has 0 bridgehead atoms. The maximum Gasteiger partial charge on any atom is 0.159 e. The summed E-state index contributed by atoms with van der Waals surface area (Å²) >= 11 is 0. The van der Waals surface area contributed by atoms with Crippen molar-refractivity contribution in [3.8, 4) is 0 Å². The van der Waals surface area contributed by atoms with Crippen LogP contribution in [-0.2, 0) is 13.1 Å². The van der Waals surface area contributed by atoms with Gasteiger partial charge in [0.15, 0.2) is 11.6 Å². The van der Waals surface area contributed by atoms with Crippen LogP contribution in [0, 0.1) is 32.4 Å². The normalized spacial score (nSPS) is 10.8. The predicted octanol–water partition coefficient (Wildman–Crippen LogP) is 4.18. The molecule has 0 aromatic heterocycles. The van der Waals surface area contributed by atoms with Crippen molar-refractivity contribution in [2.75, 3.05) is 0 Å². The third-order valence-electron chi connectivity index (χ3n) is 3.46. The summed E-state index contributed by atoms with van der Waals surface area (Å²) in [5.74, 6) is -1.61. The van der Waals surface area contributed by atoms with Crippen molar-refractivity contribution in [1.29, 1.82) is 0 Å². The van der Waals surface area contributed by atoms with Crippen LogP contribution in [0.3, 0.4) is 0 Å². The summed E-state index contributed by atoms with van der Waals surface area (Å²) in [5, 5.41) is 3.28. The molecule has 0 fully saturated rings. The van der Waals surface area contributed by atoms with Gasteiger partial charge in [0.2, 0.25) is 0 Å². The fourth-order valence-corrected chi connectivity index (χ4v) is 2.47. The fourth-order valence-electron chi connectivity index (χ4n) is 2.47. The van der Waals surface area contributed by atoms with Gasteiger partial charge in [-0.05, 0) is 55.2 Å². The molecule has 0 aliphatic heterocycles. The van der Waals surface area contributed by atoms with Crippen molar-refractivity contribution in [1.82, 2.24) is 5.32 Å². The maximum absolute atomic E-state index is 13.1. The zero-order chi connectivity index (χ0) is 14.7. The first kappa shape index (κ1) is 14.7. The van der Waals surface area contributed by atoms with Crippen LogP contribution in [0.5, 0.6) is 0 Å². The molecule has 106 valence electrons. The highest BCUT2D eigenvalue weighted by atomic mass is 19.2. The maximum atomic E-state index is 13.1. The van der Waals surface area contributed by atoms with Gasteiger partial charge < -0.3 is 5.32 Å². The molecule has 0 atom stereocenters. The van der Waals surface area contributed by atoms with Gasteiger partial charge in [-0.3, -0.25) is 0 Å². The number of benzene rings is 2. The Bertz CT molecular complexity index is 597. The lowest BCUT2D eigenvalue weighted by Gasteiger charge is -2.12. The van der Waals surface area contributed by atoms with E-state index in [1.165, 1.54) is 28.3 Å². The molecule has 0 saturated carbocycles. The molecule has 0 amide bonds. The fraction of sp³-hybridized carbons (Fsp3) is 0.294. The number of hydrogen-bond acceptors (Lipinski definition) is 1. The van der Waals surface area contributed by atoms with Crippen molar-refractivity contribution in [3.05, 3.63) is 69.8 Å². The zero-order valence-electron chi connectivity index (χ0n) is 12.1. The van der Waals surface area contributed by atoms with E-state index in [4.69, 9.17) is 0 Å². The zero-order valence-corrected chi connectivity index (χ0v) is 12.1. The van der Waals surface area contributed by atoms with Crippen molar-refractivity contribution >= 4 is 0 Å². The SMILES string of the molecule is Cc1cc(C)c(CNCc2ccc(F)c(F)c2)c(C)c1. The Morgan fingerprint density at radius 1 is 0.850 bits per heavy atom. The summed E-state index contributed by atoms with van der Waals surface area (Å²) in [7, 11) is 0. The van der Waals surface area contributed by atoms with E-state index in [0.717, 1.165) is 18.2 Å². The van der Waals surface area contributed by atoms with Gasteiger partial charge in [0.1, 0.15) is 0 Å². The Morgan fingerprint density at radius 3 is 2.10 bits per heavy atom. The minimum atomic E-state index is -0.807. The second-order valence-corrected chi connectivity index (χ2v) is 5.23. The lowest BCUT2D eigenvalue weighted by atomic mass is 10.00. The van der Waals surface area contributed by atoms with Crippen LogP contribution in [0.25, 0.3) is 0 Å². The molecule has 2 aromatic carbocycles. The van der Waals surface area contributed by atoms with E-state index in [-0.39, 0.29) is 0 Å². The van der Waals surface area contributed by atoms with Gasteiger partial charge in [-0.15, -0.1) is 0 Å². The number of aryl methyl sites for hydroxylation is 3. The Labute approximate surface area is 118 Å². The topological polar surface area (TPSA) is 12.0 Å². The summed E-state index contributed by atoms with van der Waals surface area (Å²) in [5.41, 5.74) is 5.76. The minimum absolute atomic E-state index is 0.518. The average Bonchev–Trinajstić information content (AvgIpc) is 2.36. The second-order valence-electron chi connectivity index (χ2n) is 5.23.